The van der Waals surface area contributed by atoms with Crippen molar-refractivity contribution < 1.29 is 18.6 Å². The van der Waals surface area contributed by atoms with Crippen LogP contribution < -0.4 is 0 Å². The van der Waals surface area contributed by atoms with E-state index in [0.29, 0.717) is 5.56 Å². The van der Waals surface area contributed by atoms with Crippen LogP contribution in [0.2, 0.25) is 0 Å². The first-order valence-electron chi connectivity index (χ1n) is 4.34. The van der Waals surface area contributed by atoms with Gasteiger partial charge in [-0.2, -0.15) is 0 Å². The van der Waals surface area contributed by atoms with Crippen molar-refractivity contribution in [1.29, 1.82) is 0 Å². The SMILES string of the molecule is OC1OCC(F)(F)C1c1ccccc1. The summed E-state index contributed by atoms with van der Waals surface area (Å²) in [4.78, 5) is 0. The Labute approximate surface area is 80.1 Å². The second-order valence-electron chi connectivity index (χ2n) is 3.35. The second-order valence-corrected chi connectivity index (χ2v) is 3.35. The summed E-state index contributed by atoms with van der Waals surface area (Å²) in [6.07, 6.45) is -1.41. The van der Waals surface area contributed by atoms with Crippen LogP contribution in [0.15, 0.2) is 30.3 Å². The molecule has 2 nitrogen and oxygen atoms in total. The molecule has 1 aromatic rings. The number of alkyl halides is 2. The number of ether oxygens (including phenoxy) is 1. The monoisotopic (exact) mass is 200 g/mol. The fraction of sp³-hybridized carbons (Fsp3) is 0.400. The van der Waals surface area contributed by atoms with Crippen molar-refractivity contribution in [3.63, 3.8) is 0 Å². The van der Waals surface area contributed by atoms with E-state index in [1.165, 1.54) is 0 Å². The van der Waals surface area contributed by atoms with Crippen LogP contribution >= 0.6 is 0 Å². The molecule has 0 radical (unpaired) electrons. The van der Waals surface area contributed by atoms with E-state index < -0.39 is 24.7 Å². The Balaban J connectivity index is 2.33. The van der Waals surface area contributed by atoms with Gasteiger partial charge in [0.1, 0.15) is 12.5 Å². The lowest BCUT2D eigenvalue weighted by Gasteiger charge is -2.19. The molecule has 2 atom stereocenters. The van der Waals surface area contributed by atoms with Crippen molar-refractivity contribution in [3.8, 4) is 0 Å². The molecule has 1 aliphatic heterocycles. The fourth-order valence-corrected chi connectivity index (χ4v) is 1.66. The van der Waals surface area contributed by atoms with Crippen molar-refractivity contribution in [2.75, 3.05) is 6.61 Å². The normalized spacial score (nSPS) is 30.5. The summed E-state index contributed by atoms with van der Waals surface area (Å²) in [6, 6.07) is 8.20. The summed E-state index contributed by atoms with van der Waals surface area (Å²) < 4.78 is 31.1. The van der Waals surface area contributed by atoms with Crippen molar-refractivity contribution in [2.45, 2.75) is 18.1 Å². The van der Waals surface area contributed by atoms with Gasteiger partial charge in [0.15, 0.2) is 6.29 Å². The Bertz CT molecular complexity index is 313. The number of hydrogen-bond donors (Lipinski definition) is 1. The molecule has 0 aliphatic carbocycles. The molecule has 0 saturated carbocycles. The molecular weight excluding hydrogens is 190 g/mol. The maximum atomic E-state index is 13.3. The highest BCUT2D eigenvalue weighted by molar-refractivity contribution is 5.23. The molecule has 1 aromatic carbocycles. The molecule has 1 heterocycles. The van der Waals surface area contributed by atoms with E-state index >= 15 is 0 Å². The van der Waals surface area contributed by atoms with E-state index in [2.05, 4.69) is 4.74 Å². The minimum absolute atomic E-state index is 0.405. The van der Waals surface area contributed by atoms with Gasteiger partial charge in [-0.25, -0.2) is 8.78 Å². The van der Waals surface area contributed by atoms with Gasteiger partial charge < -0.3 is 9.84 Å². The number of aliphatic hydroxyl groups is 1. The average Bonchev–Trinajstić information content (AvgIpc) is 2.42. The number of aliphatic hydroxyl groups excluding tert-OH is 1. The minimum Gasteiger partial charge on any atom is -0.367 e. The maximum absolute atomic E-state index is 13.3. The summed E-state index contributed by atoms with van der Waals surface area (Å²) >= 11 is 0. The molecule has 2 unspecified atom stereocenters. The highest BCUT2D eigenvalue weighted by Gasteiger charge is 2.51. The van der Waals surface area contributed by atoms with E-state index in [-0.39, 0.29) is 0 Å². The molecule has 1 fully saturated rings. The first kappa shape index (κ1) is 9.55. The van der Waals surface area contributed by atoms with Crippen LogP contribution in [-0.4, -0.2) is 23.9 Å². The van der Waals surface area contributed by atoms with Crippen LogP contribution in [-0.2, 0) is 4.74 Å². The zero-order chi connectivity index (χ0) is 10.2. The van der Waals surface area contributed by atoms with Crippen LogP contribution in [0.4, 0.5) is 8.78 Å². The van der Waals surface area contributed by atoms with Crippen molar-refractivity contribution >= 4 is 0 Å². The van der Waals surface area contributed by atoms with Gasteiger partial charge in [0.05, 0.1) is 0 Å². The van der Waals surface area contributed by atoms with Gasteiger partial charge in [-0.05, 0) is 5.56 Å². The number of benzene rings is 1. The third-order valence-corrected chi connectivity index (χ3v) is 2.35. The zero-order valence-electron chi connectivity index (χ0n) is 7.36. The summed E-state index contributed by atoms with van der Waals surface area (Å²) in [7, 11) is 0. The Hall–Kier alpha value is -1.00. The lowest BCUT2D eigenvalue weighted by Crippen LogP contribution is -2.27. The van der Waals surface area contributed by atoms with E-state index in [1.807, 2.05) is 0 Å². The van der Waals surface area contributed by atoms with Crippen molar-refractivity contribution in [3.05, 3.63) is 35.9 Å². The number of halogens is 2. The molecule has 4 heteroatoms. The number of rotatable bonds is 1. The Morgan fingerprint density at radius 1 is 1.29 bits per heavy atom. The smallest absolute Gasteiger partial charge is 0.282 e. The molecule has 0 bridgehead atoms. The molecule has 1 N–H and O–H groups in total. The van der Waals surface area contributed by atoms with Gasteiger partial charge in [0.25, 0.3) is 5.92 Å². The topological polar surface area (TPSA) is 29.5 Å². The maximum Gasteiger partial charge on any atom is 0.282 e. The fourth-order valence-electron chi connectivity index (χ4n) is 1.66. The Kier molecular flexibility index (Phi) is 2.25. The molecule has 1 saturated heterocycles. The van der Waals surface area contributed by atoms with Crippen LogP contribution in [0.25, 0.3) is 0 Å². The summed E-state index contributed by atoms with van der Waals surface area (Å²) in [5, 5.41) is 9.28. The van der Waals surface area contributed by atoms with E-state index in [1.54, 1.807) is 30.3 Å². The summed E-state index contributed by atoms with van der Waals surface area (Å²) in [5.74, 6) is -4.23. The Morgan fingerprint density at radius 2 is 1.93 bits per heavy atom. The van der Waals surface area contributed by atoms with Crippen LogP contribution in [0, 0.1) is 0 Å². The summed E-state index contributed by atoms with van der Waals surface area (Å²) in [5.41, 5.74) is 0.405. The van der Waals surface area contributed by atoms with Gasteiger partial charge in [-0.15, -0.1) is 0 Å². The third kappa shape index (κ3) is 1.51. The highest BCUT2D eigenvalue weighted by Crippen LogP contribution is 2.41. The molecule has 0 spiro atoms. The predicted molar refractivity (Wildman–Crippen MR) is 46.1 cm³/mol. The van der Waals surface area contributed by atoms with Gasteiger partial charge in [-0.3, -0.25) is 0 Å². The predicted octanol–water partition coefficient (Wildman–Crippen LogP) is 1.75. The molecule has 2 rings (SSSR count). The van der Waals surface area contributed by atoms with Gasteiger partial charge in [-0.1, -0.05) is 30.3 Å². The molecule has 0 aromatic heterocycles. The zero-order valence-corrected chi connectivity index (χ0v) is 7.36. The minimum atomic E-state index is -2.99. The van der Waals surface area contributed by atoms with Crippen LogP contribution in [0.3, 0.4) is 0 Å². The lowest BCUT2D eigenvalue weighted by atomic mass is 9.94. The van der Waals surface area contributed by atoms with Crippen molar-refractivity contribution in [1.82, 2.24) is 0 Å². The van der Waals surface area contributed by atoms with Crippen LogP contribution in [0.5, 0.6) is 0 Å². The van der Waals surface area contributed by atoms with Gasteiger partial charge in [0, 0.05) is 0 Å². The van der Waals surface area contributed by atoms with Crippen molar-refractivity contribution in [2.24, 2.45) is 0 Å². The number of hydrogen-bond acceptors (Lipinski definition) is 2. The van der Waals surface area contributed by atoms with E-state index in [4.69, 9.17) is 0 Å². The highest BCUT2D eigenvalue weighted by atomic mass is 19.3. The summed E-state index contributed by atoms with van der Waals surface area (Å²) in [6.45, 7) is -0.715. The Morgan fingerprint density at radius 3 is 2.43 bits per heavy atom. The van der Waals surface area contributed by atoms with Gasteiger partial charge in [0.2, 0.25) is 0 Å². The molecule has 1 aliphatic rings. The molecule has 76 valence electrons. The van der Waals surface area contributed by atoms with E-state index in [0.717, 1.165) is 0 Å². The van der Waals surface area contributed by atoms with E-state index in [9.17, 15) is 13.9 Å². The first-order valence-corrected chi connectivity index (χ1v) is 4.34. The first-order chi connectivity index (χ1) is 6.61. The molecule has 14 heavy (non-hydrogen) atoms. The average molecular weight is 200 g/mol. The quantitative estimate of drug-likeness (QED) is 0.748. The van der Waals surface area contributed by atoms with Crippen LogP contribution in [0.1, 0.15) is 11.5 Å². The third-order valence-electron chi connectivity index (χ3n) is 2.35. The largest absolute Gasteiger partial charge is 0.367 e. The molecule has 0 amide bonds. The lowest BCUT2D eigenvalue weighted by molar-refractivity contribution is -0.0681. The second kappa shape index (κ2) is 3.29. The van der Waals surface area contributed by atoms with Gasteiger partial charge >= 0.3 is 0 Å². The standard InChI is InChI=1S/C10H10F2O2/c11-10(12)6-14-9(13)8(10)7-4-2-1-3-5-7/h1-5,8-9,13H,6H2. The molecular formula is C10H10F2O2.